The first-order valence-electron chi connectivity index (χ1n) is 6.59. The number of rotatable bonds is 5. The normalized spacial score (nSPS) is 10.1. The van der Waals surface area contributed by atoms with Crippen LogP contribution < -0.4 is 10.1 Å². The molecule has 3 nitrogen and oxygen atoms in total. The van der Waals surface area contributed by atoms with Gasteiger partial charge in [0.25, 0.3) is 5.91 Å². The number of nitrogens with one attached hydrogen (secondary N) is 1. The van der Waals surface area contributed by atoms with Crippen LogP contribution >= 0.6 is 23.2 Å². The van der Waals surface area contributed by atoms with E-state index in [0.29, 0.717) is 33.7 Å². The summed E-state index contributed by atoms with van der Waals surface area (Å²) in [6.07, 6.45) is 0. The molecule has 0 unspecified atom stereocenters. The Bertz CT molecular complexity index is 714. The molecule has 1 amide bonds. The Hall–Kier alpha value is -1.97. The molecular weight excluding hydrogens is 321 g/mol. The number of hydrogen-bond acceptors (Lipinski definition) is 2. The maximum Gasteiger partial charge on any atom is 0.257 e. The topological polar surface area (TPSA) is 38.3 Å². The second-order valence-electron chi connectivity index (χ2n) is 4.85. The number of carbonyl (C=O) groups excluding carboxylic acids is 1. The van der Waals surface area contributed by atoms with E-state index < -0.39 is 0 Å². The van der Waals surface area contributed by atoms with Crippen LogP contribution in [0.2, 0.25) is 10.0 Å². The predicted octanol–water partition coefficient (Wildman–Crippen LogP) is 5.20. The van der Waals surface area contributed by atoms with Crippen molar-refractivity contribution in [2.75, 3.05) is 11.9 Å². The number of hydrogen-bond donors (Lipinski definition) is 1. The number of ether oxygens (including phenoxy) is 1. The zero-order chi connectivity index (χ0) is 16.1. The highest BCUT2D eigenvalue weighted by atomic mass is 35.5. The van der Waals surface area contributed by atoms with Gasteiger partial charge in [-0.25, -0.2) is 0 Å². The van der Waals surface area contributed by atoms with Crippen LogP contribution in [0, 0.1) is 0 Å². The van der Waals surface area contributed by atoms with Crippen LogP contribution in [0.3, 0.4) is 0 Å². The summed E-state index contributed by atoms with van der Waals surface area (Å²) in [5.41, 5.74) is 1.90. The molecule has 0 atom stereocenters. The smallest absolute Gasteiger partial charge is 0.257 e. The van der Waals surface area contributed by atoms with Gasteiger partial charge in [0.05, 0.1) is 10.6 Å². The fourth-order valence-corrected chi connectivity index (χ4v) is 2.24. The molecule has 0 bridgehead atoms. The quantitative estimate of drug-likeness (QED) is 0.762. The number of anilines is 1. The fraction of sp³-hybridized carbons (Fsp3) is 0.118. The van der Waals surface area contributed by atoms with Crippen LogP contribution in [0.4, 0.5) is 5.69 Å². The zero-order valence-electron chi connectivity index (χ0n) is 12.0. The minimum absolute atomic E-state index is 0.305. The molecule has 2 rings (SSSR count). The molecule has 2 aromatic carbocycles. The summed E-state index contributed by atoms with van der Waals surface area (Å²) >= 11 is 11.8. The SMILES string of the molecule is C=C(C)COc1cccc(NC(=O)c2ccc(Cl)cc2Cl)c1. The van der Waals surface area contributed by atoms with Crippen molar-refractivity contribution in [3.05, 3.63) is 70.2 Å². The van der Waals surface area contributed by atoms with Crippen LogP contribution in [-0.4, -0.2) is 12.5 Å². The maximum atomic E-state index is 12.2. The molecule has 0 aliphatic heterocycles. The van der Waals surface area contributed by atoms with Crippen molar-refractivity contribution in [3.63, 3.8) is 0 Å². The number of benzene rings is 2. The Morgan fingerprint density at radius 1 is 1.23 bits per heavy atom. The van der Waals surface area contributed by atoms with Gasteiger partial charge in [0.2, 0.25) is 0 Å². The van der Waals surface area contributed by atoms with E-state index in [1.54, 1.807) is 30.3 Å². The van der Waals surface area contributed by atoms with E-state index in [1.165, 1.54) is 6.07 Å². The first-order chi connectivity index (χ1) is 10.5. The molecule has 0 aliphatic carbocycles. The minimum Gasteiger partial charge on any atom is -0.489 e. The molecule has 0 radical (unpaired) electrons. The Labute approximate surface area is 139 Å². The minimum atomic E-state index is -0.307. The molecule has 0 heterocycles. The van der Waals surface area contributed by atoms with E-state index in [2.05, 4.69) is 11.9 Å². The third kappa shape index (κ3) is 4.52. The first-order valence-corrected chi connectivity index (χ1v) is 7.35. The number of halogens is 2. The van der Waals surface area contributed by atoms with Crippen LogP contribution in [0.1, 0.15) is 17.3 Å². The summed E-state index contributed by atoms with van der Waals surface area (Å²) in [4.78, 5) is 12.2. The summed E-state index contributed by atoms with van der Waals surface area (Å²) in [6, 6.07) is 11.9. The van der Waals surface area contributed by atoms with E-state index >= 15 is 0 Å². The average Bonchev–Trinajstić information content (AvgIpc) is 2.45. The summed E-state index contributed by atoms with van der Waals surface area (Å²) in [7, 11) is 0. The summed E-state index contributed by atoms with van der Waals surface area (Å²) in [5.74, 6) is 0.349. The third-order valence-electron chi connectivity index (χ3n) is 2.75. The van der Waals surface area contributed by atoms with Crippen LogP contribution in [0.15, 0.2) is 54.6 Å². The fourth-order valence-electron chi connectivity index (χ4n) is 1.74. The van der Waals surface area contributed by atoms with Gasteiger partial charge in [-0.05, 0) is 42.8 Å². The molecule has 0 saturated heterocycles. The van der Waals surface area contributed by atoms with E-state index in [-0.39, 0.29) is 5.91 Å². The lowest BCUT2D eigenvalue weighted by Gasteiger charge is -2.10. The lowest BCUT2D eigenvalue weighted by atomic mass is 10.2. The third-order valence-corrected chi connectivity index (χ3v) is 3.30. The van der Waals surface area contributed by atoms with E-state index in [1.807, 2.05) is 13.0 Å². The Kier molecular flexibility index (Phi) is 5.47. The summed E-state index contributed by atoms with van der Waals surface area (Å²) in [5, 5.41) is 3.57. The second kappa shape index (κ2) is 7.34. The molecule has 114 valence electrons. The number of amides is 1. The van der Waals surface area contributed by atoms with Crippen molar-refractivity contribution < 1.29 is 9.53 Å². The van der Waals surface area contributed by atoms with Crippen molar-refractivity contribution in [1.82, 2.24) is 0 Å². The van der Waals surface area contributed by atoms with Gasteiger partial charge in [-0.1, -0.05) is 35.8 Å². The van der Waals surface area contributed by atoms with Gasteiger partial charge in [-0.15, -0.1) is 0 Å². The first kappa shape index (κ1) is 16.4. The molecule has 0 saturated carbocycles. The molecule has 5 heteroatoms. The second-order valence-corrected chi connectivity index (χ2v) is 5.70. The average molecular weight is 336 g/mol. The van der Waals surface area contributed by atoms with Gasteiger partial charge >= 0.3 is 0 Å². The van der Waals surface area contributed by atoms with Gasteiger partial charge < -0.3 is 10.1 Å². The molecule has 1 N–H and O–H groups in total. The largest absolute Gasteiger partial charge is 0.489 e. The van der Waals surface area contributed by atoms with Gasteiger partial charge in [-0.2, -0.15) is 0 Å². The van der Waals surface area contributed by atoms with E-state index in [4.69, 9.17) is 27.9 Å². The zero-order valence-corrected chi connectivity index (χ0v) is 13.5. The van der Waals surface area contributed by atoms with Crippen molar-refractivity contribution >= 4 is 34.8 Å². The number of carbonyl (C=O) groups is 1. The Balaban J connectivity index is 2.11. The highest BCUT2D eigenvalue weighted by Crippen LogP contribution is 2.23. The molecule has 22 heavy (non-hydrogen) atoms. The van der Waals surface area contributed by atoms with Crippen molar-refractivity contribution in [2.45, 2.75) is 6.92 Å². The molecule has 0 aromatic heterocycles. The maximum absolute atomic E-state index is 12.2. The predicted molar refractivity (Wildman–Crippen MR) is 91.2 cm³/mol. The van der Waals surface area contributed by atoms with Crippen molar-refractivity contribution in [1.29, 1.82) is 0 Å². The molecule has 0 spiro atoms. The highest BCUT2D eigenvalue weighted by molar-refractivity contribution is 6.37. The molecular formula is C17H15Cl2NO2. The molecule has 0 aliphatic rings. The van der Waals surface area contributed by atoms with Crippen LogP contribution in [0.25, 0.3) is 0 Å². The Morgan fingerprint density at radius 2 is 2.00 bits per heavy atom. The van der Waals surface area contributed by atoms with Gasteiger partial charge in [0.1, 0.15) is 12.4 Å². The summed E-state index contributed by atoms with van der Waals surface area (Å²) < 4.78 is 5.54. The summed E-state index contributed by atoms with van der Waals surface area (Å²) in [6.45, 7) is 6.09. The van der Waals surface area contributed by atoms with E-state index in [9.17, 15) is 4.79 Å². The monoisotopic (exact) mass is 335 g/mol. The van der Waals surface area contributed by atoms with E-state index in [0.717, 1.165) is 5.57 Å². The molecule has 0 fully saturated rings. The van der Waals surface area contributed by atoms with Crippen LogP contribution in [0.5, 0.6) is 5.75 Å². The lowest BCUT2D eigenvalue weighted by Crippen LogP contribution is -2.12. The van der Waals surface area contributed by atoms with Gasteiger partial charge in [0, 0.05) is 16.8 Å². The standard InChI is InChI=1S/C17H15Cl2NO2/c1-11(2)10-22-14-5-3-4-13(9-14)20-17(21)15-7-6-12(18)8-16(15)19/h3-9H,1,10H2,2H3,(H,20,21). The van der Waals surface area contributed by atoms with Crippen LogP contribution in [-0.2, 0) is 0 Å². The van der Waals surface area contributed by atoms with Crippen molar-refractivity contribution in [2.24, 2.45) is 0 Å². The van der Waals surface area contributed by atoms with Gasteiger partial charge in [-0.3, -0.25) is 4.79 Å². The lowest BCUT2D eigenvalue weighted by molar-refractivity contribution is 0.102. The molecule has 2 aromatic rings. The Morgan fingerprint density at radius 3 is 2.68 bits per heavy atom. The van der Waals surface area contributed by atoms with Crippen molar-refractivity contribution in [3.8, 4) is 5.75 Å². The highest BCUT2D eigenvalue weighted by Gasteiger charge is 2.11. The van der Waals surface area contributed by atoms with Gasteiger partial charge in [0.15, 0.2) is 0 Å².